The van der Waals surface area contributed by atoms with Crippen LogP contribution in [0.25, 0.3) is 0 Å². The van der Waals surface area contributed by atoms with E-state index in [4.69, 9.17) is 10.2 Å². The topological polar surface area (TPSA) is 45.6 Å². The first-order chi connectivity index (χ1) is 9.19. The van der Waals surface area contributed by atoms with E-state index < -0.39 is 0 Å². The number of piperidine rings is 1. The molecule has 0 spiro atoms. The Kier molecular flexibility index (Phi) is 5.43. The van der Waals surface area contributed by atoms with E-state index in [-0.39, 0.29) is 0 Å². The van der Waals surface area contributed by atoms with Crippen molar-refractivity contribution >= 4 is 0 Å². The number of aryl methyl sites for hydroxylation is 1. The molecule has 1 aromatic heterocycles. The number of furan rings is 1. The van der Waals surface area contributed by atoms with E-state index in [1.54, 1.807) is 0 Å². The highest BCUT2D eigenvalue weighted by molar-refractivity contribution is 5.05. The zero-order chi connectivity index (χ0) is 13.7. The Morgan fingerprint density at radius 1 is 1.37 bits per heavy atom. The van der Waals surface area contributed by atoms with E-state index in [0.717, 1.165) is 37.6 Å². The maximum atomic E-state index is 5.62. The molecule has 108 valence electrons. The van der Waals surface area contributed by atoms with Crippen molar-refractivity contribution in [1.82, 2.24) is 9.80 Å². The van der Waals surface area contributed by atoms with Crippen LogP contribution in [0.2, 0.25) is 0 Å². The lowest BCUT2D eigenvalue weighted by Crippen LogP contribution is -2.45. The van der Waals surface area contributed by atoms with Crippen molar-refractivity contribution in [3.8, 4) is 0 Å². The highest BCUT2D eigenvalue weighted by atomic mass is 16.3. The number of nitrogens with two attached hydrogens (primary N) is 1. The van der Waals surface area contributed by atoms with E-state index >= 15 is 0 Å². The zero-order valence-electron chi connectivity index (χ0n) is 12.3. The highest BCUT2D eigenvalue weighted by Gasteiger charge is 2.21. The molecule has 0 aromatic carbocycles. The summed E-state index contributed by atoms with van der Waals surface area (Å²) in [6.07, 6.45) is 3.52. The third-order valence-corrected chi connectivity index (χ3v) is 4.13. The summed E-state index contributed by atoms with van der Waals surface area (Å²) >= 11 is 0. The van der Waals surface area contributed by atoms with Gasteiger partial charge in [-0.15, -0.1) is 0 Å². The molecule has 1 fully saturated rings. The second-order valence-corrected chi connectivity index (χ2v) is 5.60. The third-order valence-electron chi connectivity index (χ3n) is 4.13. The van der Waals surface area contributed by atoms with Crippen LogP contribution in [0.15, 0.2) is 16.5 Å². The maximum Gasteiger partial charge on any atom is 0.105 e. The van der Waals surface area contributed by atoms with Crippen molar-refractivity contribution in [3.05, 3.63) is 23.7 Å². The molecule has 4 nitrogen and oxygen atoms in total. The average Bonchev–Trinajstić information content (AvgIpc) is 2.83. The molecule has 2 N–H and O–H groups in total. The first-order valence-corrected chi connectivity index (χ1v) is 7.37. The van der Waals surface area contributed by atoms with Gasteiger partial charge in [0.05, 0.1) is 0 Å². The van der Waals surface area contributed by atoms with E-state index in [9.17, 15) is 0 Å². The van der Waals surface area contributed by atoms with Crippen LogP contribution in [0.5, 0.6) is 0 Å². The van der Waals surface area contributed by atoms with Gasteiger partial charge < -0.3 is 20.0 Å². The molecule has 19 heavy (non-hydrogen) atoms. The van der Waals surface area contributed by atoms with Gasteiger partial charge in [0.1, 0.15) is 11.5 Å². The second kappa shape index (κ2) is 7.08. The molecule has 1 aromatic rings. The zero-order valence-corrected chi connectivity index (χ0v) is 12.3. The Labute approximate surface area is 116 Å². The van der Waals surface area contributed by atoms with Gasteiger partial charge in [-0.05, 0) is 52.0 Å². The first-order valence-electron chi connectivity index (χ1n) is 7.37. The Bertz CT molecular complexity index is 369. The number of rotatable bonds is 6. The van der Waals surface area contributed by atoms with Gasteiger partial charge >= 0.3 is 0 Å². The number of hydrogen-bond acceptors (Lipinski definition) is 4. The minimum absolute atomic E-state index is 0.713. The summed E-state index contributed by atoms with van der Waals surface area (Å²) < 4.78 is 5.62. The van der Waals surface area contributed by atoms with Crippen LogP contribution in [-0.4, -0.2) is 55.6 Å². The normalized spacial score (nSPS) is 18.3. The standard InChI is InChI=1S/C15H27N3O/c1-13-3-4-15(19-13)7-9-17(2)14-5-10-18(11-6-14)12-8-16/h3-4,14H,5-12,16H2,1-2H3. The quantitative estimate of drug-likeness (QED) is 0.846. The summed E-state index contributed by atoms with van der Waals surface area (Å²) in [5, 5.41) is 0. The van der Waals surface area contributed by atoms with E-state index in [0.29, 0.717) is 6.04 Å². The Morgan fingerprint density at radius 2 is 2.11 bits per heavy atom. The van der Waals surface area contributed by atoms with Gasteiger partial charge in [0.15, 0.2) is 0 Å². The van der Waals surface area contributed by atoms with Crippen molar-refractivity contribution in [2.45, 2.75) is 32.2 Å². The van der Waals surface area contributed by atoms with Crippen molar-refractivity contribution < 1.29 is 4.42 Å². The number of likely N-dealkylation sites (tertiary alicyclic amines) is 1. The average molecular weight is 265 g/mol. The number of nitrogens with zero attached hydrogens (tertiary/aromatic N) is 2. The second-order valence-electron chi connectivity index (χ2n) is 5.60. The molecule has 0 bridgehead atoms. The van der Waals surface area contributed by atoms with Crippen LogP contribution in [0.1, 0.15) is 24.4 Å². The lowest BCUT2D eigenvalue weighted by atomic mass is 10.0. The molecule has 2 heterocycles. The molecule has 1 saturated heterocycles. The van der Waals surface area contributed by atoms with Crippen molar-refractivity contribution in [2.24, 2.45) is 5.73 Å². The summed E-state index contributed by atoms with van der Waals surface area (Å²) in [4.78, 5) is 4.96. The summed E-state index contributed by atoms with van der Waals surface area (Å²) in [5.74, 6) is 2.11. The fraction of sp³-hybridized carbons (Fsp3) is 0.733. The van der Waals surface area contributed by atoms with Crippen LogP contribution in [0.3, 0.4) is 0 Å². The van der Waals surface area contributed by atoms with Gasteiger partial charge in [-0.25, -0.2) is 0 Å². The minimum Gasteiger partial charge on any atom is -0.466 e. The largest absolute Gasteiger partial charge is 0.466 e. The van der Waals surface area contributed by atoms with Crippen molar-refractivity contribution in [2.75, 3.05) is 39.8 Å². The first kappa shape index (κ1) is 14.6. The predicted molar refractivity (Wildman–Crippen MR) is 78.3 cm³/mol. The van der Waals surface area contributed by atoms with Gasteiger partial charge in [-0.1, -0.05) is 0 Å². The SMILES string of the molecule is Cc1ccc(CCN(C)C2CCN(CCN)CC2)o1. The van der Waals surface area contributed by atoms with Gasteiger partial charge in [0.2, 0.25) is 0 Å². The molecule has 0 atom stereocenters. The van der Waals surface area contributed by atoms with Crippen LogP contribution >= 0.6 is 0 Å². The number of likely N-dealkylation sites (N-methyl/N-ethyl adjacent to an activating group) is 1. The van der Waals surface area contributed by atoms with Gasteiger partial charge in [0.25, 0.3) is 0 Å². The Morgan fingerprint density at radius 3 is 2.68 bits per heavy atom. The molecule has 0 saturated carbocycles. The highest BCUT2D eigenvalue weighted by Crippen LogP contribution is 2.16. The predicted octanol–water partition coefficient (Wildman–Crippen LogP) is 1.49. The summed E-state index contributed by atoms with van der Waals surface area (Å²) in [7, 11) is 2.24. The lowest BCUT2D eigenvalue weighted by Gasteiger charge is -2.36. The minimum atomic E-state index is 0.713. The van der Waals surface area contributed by atoms with Gasteiger partial charge in [-0.2, -0.15) is 0 Å². The van der Waals surface area contributed by atoms with Crippen LogP contribution < -0.4 is 5.73 Å². The van der Waals surface area contributed by atoms with Crippen molar-refractivity contribution in [3.63, 3.8) is 0 Å². The van der Waals surface area contributed by atoms with Crippen LogP contribution in [0, 0.1) is 6.92 Å². The van der Waals surface area contributed by atoms with E-state index in [1.165, 1.54) is 25.9 Å². The van der Waals surface area contributed by atoms with E-state index in [1.807, 2.05) is 13.0 Å². The fourth-order valence-corrected chi connectivity index (χ4v) is 2.85. The molecule has 0 unspecified atom stereocenters. The molecular formula is C15H27N3O. The molecule has 0 radical (unpaired) electrons. The smallest absolute Gasteiger partial charge is 0.105 e. The molecule has 1 aliphatic rings. The number of hydrogen-bond donors (Lipinski definition) is 1. The lowest BCUT2D eigenvalue weighted by molar-refractivity contribution is 0.129. The summed E-state index contributed by atoms with van der Waals surface area (Å²) in [5.41, 5.74) is 5.61. The summed E-state index contributed by atoms with van der Waals surface area (Å²) in [6.45, 7) is 7.27. The molecule has 4 heteroatoms. The molecule has 0 amide bonds. The molecular weight excluding hydrogens is 238 g/mol. The van der Waals surface area contributed by atoms with E-state index in [2.05, 4.69) is 22.9 Å². The Balaban J connectivity index is 1.70. The fourth-order valence-electron chi connectivity index (χ4n) is 2.85. The van der Waals surface area contributed by atoms with Crippen molar-refractivity contribution in [1.29, 1.82) is 0 Å². The maximum absolute atomic E-state index is 5.62. The van der Waals surface area contributed by atoms with Crippen LogP contribution in [0.4, 0.5) is 0 Å². The molecule has 2 rings (SSSR count). The van der Waals surface area contributed by atoms with Gasteiger partial charge in [-0.3, -0.25) is 0 Å². The van der Waals surface area contributed by atoms with Crippen LogP contribution in [-0.2, 0) is 6.42 Å². The molecule has 1 aliphatic heterocycles. The Hall–Kier alpha value is -0.840. The molecule has 0 aliphatic carbocycles. The summed E-state index contributed by atoms with van der Waals surface area (Å²) in [6, 6.07) is 4.85. The monoisotopic (exact) mass is 265 g/mol. The van der Waals surface area contributed by atoms with Gasteiger partial charge in [0, 0.05) is 32.1 Å². The third kappa shape index (κ3) is 4.34.